The Hall–Kier alpha value is -2.97. The summed E-state index contributed by atoms with van der Waals surface area (Å²) in [6.07, 6.45) is 2.19. The first kappa shape index (κ1) is 26.3. The Balaban J connectivity index is 1.49. The molecule has 39 heavy (non-hydrogen) atoms. The summed E-state index contributed by atoms with van der Waals surface area (Å²) in [4.78, 5) is 18.7. The third kappa shape index (κ3) is 4.23. The number of aryl methyl sites for hydroxylation is 1. The van der Waals surface area contributed by atoms with Crippen molar-refractivity contribution in [3.63, 3.8) is 0 Å². The van der Waals surface area contributed by atoms with Gasteiger partial charge in [-0.3, -0.25) is 9.47 Å². The number of halogens is 1. The second-order valence-electron chi connectivity index (χ2n) is 9.99. The second kappa shape index (κ2) is 9.89. The fourth-order valence-corrected chi connectivity index (χ4v) is 7.61. The van der Waals surface area contributed by atoms with Gasteiger partial charge in [0.25, 0.3) is 0 Å². The van der Waals surface area contributed by atoms with Crippen LogP contribution in [0.1, 0.15) is 26.7 Å². The fourth-order valence-electron chi connectivity index (χ4n) is 5.77. The maximum atomic E-state index is 13.8. The molecule has 0 saturated carbocycles. The van der Waals surface area contributed by atoms with Crippen LogP contribution in [0.4, 0.5) is 0 Å². The smallest absolute Gasteiger partial charge is 0.335 e. The van der Waals surface area contributed by atoms with Gasteiger partial charge in [-0.1, -0.05) is 18.5 Å². The van der Waals surface area contributed by atoms with Gasteiger partial charge < -0.3 is 14.8 Å². The fraction of sp³-hybridized carbons (Fsp3) is 0.480. The molecule has 5 heterocycles. The number of sulfonamides is 1. The summed E-state index contributed by atoms with van der Waals surface area (Å²) in [6, 6.07) is 4.74. The number of nitrogens with one attached hydrogen (secondary N) is 1. The molecule has 0 spiro atoms. The number of aromatic nitrogens is 5. The van der Waals surface area contributed by atoms with Gasteiger partial charge in [-0.25, -0.2) is 17.6 Å². The van der Waals surface area contributed by atoms with E-state index in [1.165, 1.54) is 15.0 Å². The van der Waals surface area contributed by atoms with E-state index in [1.54, 1.807) is 22.8 Å². The first-order chi connectivity index (χ1) is 18.7. The van der Waals surface area contributed by atoms with Gasteiger partial charge in [0.1, 0.15) is 17.6 Å². The number of fused-ring (bicyclic) bond motifs is 4. The summed E-state index contributed by atoms with van der Waals surface area (Å²) in [5.74, 6) is 0.454. The molecule has 0 unspecified atom stereocenters. The number of hydrogen-bond acceptors (Lipinski definition) is 8. The first-order valence-electron chi connectivity index (χ1n) is 13.1. The molecule has 2 aliphatic heterocycles. The quantitative estimate of drug-likeness (QED) is 0.341. The van der Waals surface area contributed by atoms with Gasteiger partial charge in [0, 0.05) is 44.3 Å². The molecule has 2 N–H and O–H groups in total. The zero-order valence-electron chi connectivity index (χ0n) is 21.7. The number of nitrogens with zero attached hydrogens (tertiary/aromatic N) is 6. The molecule has 2 atom stereocenters. The Morgan fingerprint density at radius 3 is 2.82 bits per heavy atom. The molecule has 4 aromatic rings. The summed E-state index contributed by atoms with van der Waals surface area (Å²) in [7, 11) is -3.84. The van der Waals surface area contributed by atoms with Crippen LogP contribution in [0.3, 0.4) is 0 Å². The van der Waals surface area contributed by atoms with Gasteiger partial charge in [-0.2, -0.15) is 4.31 Å². The van der Waals surface area contributed by atoms with Crippen LogP contribution in [0.15, 0.2) is 34.2 Å². The Labute approximate surface area is 229 Å². The highest BCUT2D eigenvalue weighted by molar-refractivity contribution is 7.89. The number of H-pyrrole nitrogens is 1. The van der Waals surface area contributed by atoms with Crippen molar-refractivity contribution in [3.05, 3.63) is 40.0 Å². The van der Waals surface area contributed by atoms with Gasteiger partial charge in [0.2, 0.25) is 10.0 Å². The lowest BCUT2D eigenvalue weighted by Gasteiger charge is -2.36. The van der Waals surface area contributed by atoms with Gasteiger partial charge in [0.15, 0.2) is 5.65 Å². The third-order valence-corrected chi connectivity index (χ3v) is 9.78. The van der Waals surface area contributed by atoms with Gasteiger partial charge >= 0.3 is 5.69 Å². The second-order valence-corrected chi connectivity index (χ2v) is 12.3. The maximum absolute atomic E-state index is 13.8. The number of aliphatic hydroxyl groups is 1. The lowest BCUT2D eigenvalue weighted by molar-refractivity contribution is 0.147. The third-order valence-electron chi connectivity index (χ3n) is 7.55. The number of ether oxygens (including phenoxy) is 1. The predicted octanol–water partition coefficient (Wildman–Crippen LogP) is 1.94. The van der Waals surface area contributed by atoms with E-state index in [1.807, 2.05) is 13.8 Å². The summed E-state index contributed by atoms with van der Waals surface area (Å²) in [5, 5.41) is 18.3. The molecule has 0 radical (unpaired) electrons. The lowest BCUT2D eigenvalue weighted by Crippen LogP contribution is -2.51. The van der Waals surface area contributed by atoms with Crippen LogP contribution >= 0.6 is 11.6 Å². The predicted molar refractivity (Wildman–Crippen MR) is 146 cm³/mol. The van der Waals surface area contributed by atoms with Crippen LogP contribution in [-0.4, -0.2) is 91.8 Å². The van der Waals surface area contributed by atoms with Crippen molar-refractivity contribution in [2.24, 2.45) is 0 Å². The molecule has 0 bridgehead atoms. The molecule has 1 aromatic carbocycles. The van der Waals surface area contributed by atoms with E-state index < -0.39 is 16.1 Å². The highest BCUT2D eigenvalue weighted by Crippen LogP contribution is 2.41. The number of aliphatic hydroxyl groups excluding tert-OH is 1. The van der Waals surface area contributed by atoms with Crippen molar-refractivity contribution in [2.45, 2.75) is 50.3 Å². The van der Waals surface area contributed by atoms with Crippen molar-refractivity contribution in [1.82, 2.24) is 33.4 Å². The zero-order valence-corrected chi connectivity index (χ0v) is 23.2. The van der Waals surface area contributed by atoms with Crippen LogP contribution in [0.2, 0.25) is 5.02 Å². The Morgan fingerprint density at radius 2 is 2.05 bits per heavy atom. The van der Waals surface area contributed by atoms with Gasteiger partial charge in [-0.05, 0) is 38.0 Å². The number of benzene rings is 1. The van der Waals surface area contributed by atoms with Crippen molar-refractivity contribution in [2.75, 3.05) is 32.8 Å². The Kier molecular flexibility index (Phi) is 6.66. The molecular formula is C25H30ClN7O5S. The summed E-state index contributed by atoms with van der Waals surface area (Å²) in [6.45, 7) is 6.40. The highest BCUT2D eigenvalue weighted by atomic mass is 35.5. The zero-order chi connectivity index (χ0) is 27.5. The van der Waals surface area contributed by atoms with Crippen molar-refractivity contribution in [1.29, 1.82) is 0 Å². The van der Waals surface area contributed by atoms with Gasteiger partial charge in [-0.15, -0.1) is 10.2 Å². The average molecular weight is 576 g/mol. The average Bonchev–Trinajstić information content (AvgIpc) is 3.63. The number of piperazine rings is 1. The van der Waals surface area contributed by atoms with E-state index in [4.69, 9.17) is 16.3 Å². The minimum atomic E-state index is -3.84. The molecule has 0 amide bonds. The number of hydrogen-bond donors (Lipinski definition) is 2. The molecule has 2 aliphatic rings. The van der Waals surface area contributed by atoms with Crippen LogP contribution in [-0.2, 0) is 16.6 Å². The number of aromatic amines is 1. The SMILES string of the molecule is CCCn1c(=O)n2cnnc2c2[nH]c(-c3cc(S(=O)(=O)N4CCN5C[C@H](O)C[C@H]5C4)ccc3OCC)c(Cl)c21. The minimum Gasteiger partial charge on any atom is -0.493 e. The minimum absolute atomic E-state index is 0.00490. The van der Waals surface area contributed by atoms with Crippen LogP contribution in [0.25, 0.3) is 27.9 Å². The normalized spacial score (nSPS) is 20.7. The monoisotopic (exact) mass is 575 g/mol. The summed E-state index contributed by atoms with van der Waals surface area (Å²) < 4.78 is 37.9. The lowest BCUT2D eigenvalue weighted by atomic mass is 10.1. The van der Waals surface area contributed by atoms with Crippen LogP contribution < -0.4 is 10.4 Å². The van der Waals surface area contributed by atoms with Crippen LogP contribution in [0.5, 0.6) is 5.75 Å². The molecule has 12 nitrogen and oxygen atoms in total. The molecule has 208 valence electrons. The summed E-state index contributed by atoms with van der Waals surface area (Å²) >= 11 is 6.94. The first-order valence-corrected chi connectivity index (χ1v) is 14.9. The Bertz CT molecular complexity index is 1730. The molecule has 3 aromatic heterocycles. The largest absolute Gasteiger partial charge is 0.493 e. The van der Waals surface area contributed by atoms with Crippen molar-refractivity contribution in [3.8, 4) is 17.0 Å². The molecule has 2 fully saturated rings. The topological polar surface area (TPSA) is 138 Å². The molecule has 6 rings (SSSR count). The molecule has 14 heteroatoms. The van der Waals surface area contributed by atoms with E-state index >= 15 is 0 Å². The highest BCUT2D eigenvalue weighted by Gasteiger charge is 2.39. The number of rotatable bonds is 7. The van der Waals surface area contributed by atoms with Crippen molar-refractivity contribution >= 4 is 38.3 Å². The van der Waals surface area contributed by atoms with Crippen LogP contribution in [0, 0.1) is 0 Å². The van der Waals surface area contributed by atoms with Gasteiger partial charge in [0.05, 0.1) is 33.8 Å². The molecule has 2 saturated heterocycles. The standard InChI is InChI=1S/C25H30ClN7O5S/c1-3-7-32-23-20(26)21(28-22(23)24-29-27-14-33(24)25(32)35)18-11-17(5-6-19(18)38-4-2)39(36,37)31-9-8-30-13-16(34)10-15(30)12-31/h5-6,11,14-16,28,34H,3-4,7-10,12-13H2,1-2H3/t15-,16+/m0/s1. The molecular weight excluding hydrogens is 546 g/mol. The van der Waals surface area contributed by atoms with E-state index in [9.17, 15) is 18.3 Å². The van der Waals surface area contributed by atoms with E-state index in [0.717, 1.165) is 0 Å². The summed E-state index contributed by atoms with van der Waals surface area (Å²) in [5.41, 5.74) is 1.90. The maximum Gasteiger partial charge on any atom is 0.335 e. The molecule has 0 aliphatic carbocycles. The van der Waals surface area contributed by atoms with E-state index in [-0.39, 0.29) is 21.6 Å². The van der Waals surface area contributed by atoms with E-state index in [0.29, 0.717) is 85.9 Å². The van der Waals surface area contributed by atoms with Crippen molar-refractivity contribution < 1.29 is 18.3 Å². The van der Waals surface area contributed by atoms with E-state index in [2.05, 4.69) is 20.1 Å². The Morgan fingerprint density at radius 1 is 1.23 bits per heavy atom.